The SMILES string of the molecule is CN(C)CCc1c[nH]c2ccc(C[C@H]3COC(=O)N3)cc12.NC(=O)C1CCN(CCCN2c3ccccc3Sc3ccc(Cl)cc32)CC1. The number of carbonyl (C=O) groups excluding carboxylic acids is 2. The number of fused-ring (bicyclic) bond motifs is 3. The van der Waals surface area contributed by atoms with Gasteiger partial charge in [0.2, 0.25) is 5.91 Å². The molecule has 7 rings (SSSR count). The number of nitrogens with two attached hydrogens (primary N) is 1. The summed E-state index contributed by atoms with van der Waals surface area (Å²) in [5.41, 5.74) is 11.6. The molecule has 1 atom stereocenters. The molecule has 0 aliphatic carbocycles. The lowest BCUT2D eigenvalue weighted by Crippen LogP contribution is -2.39. The second-order valence-electron chi connectivity index (χ2n) is 13.1. The zero-order valence-electron chi connectivity index (χ0n) is 27.7. The zero-order valence-corrected chi connectivity index (χ0v) is 29.3. The van der Waals surface area contributed by atoms with Crippen molar-refractivity contribution in [1.82, 2.24) is 20.1 Å². The smallest absolute Gasteiger partial charge is 0.407 e. The van der Waals surface area contributed by atoms with Gasteiger partial charge < -0.3 is 35.5 Å². The molecule has 3 aromatic carbocycles. The van der Waals surface area contributed by atoms with Crippen molar-refractivity contribution in [2.45, 2.75) is 47.9 Å². The number of amides is 2. The van der Waals surface area contributed by atoms with Crippen LogP contribution < -0.4 is 16.0 Å². The van der Waals surface area contributed by atoms with Gasteiger partial charge in [-0.15, -0.1) is 0 Å². The number of likely N-dealkylation sites (N-methyl/N-ethyl adjacent to an activating group) is 1. The molecule has 3 aliphatic heterocycles. The molecular formula is C37H45ClN6O3S. The van der Waals surface area contributed by atoms with Crippen LogP contribution in [-0.4, -0.2) is 86.3 Å². The van der Waals surface area contributed by atoms with Crippen molar-refractivity contribution in [3.05, 3.63) is 83.0 Å². The number of benzene rings is 3. The number of alkyl carbamates (subject to hydrolysis) is 1. The fourth-order valence-electron chi connectivity index (χ4n) is 6.66. The van der Waals surface area contributed by atoms with Crippen LogP contribution in [0, 0.1) is 5.92 Å². The van der Waals surface area contributed by atoms with Gasteiger partial charge >= 0.3 is 6.09 Å². The molecule has 2 amide bonds. The number of aromatic amines is 1. The summed E-state index contributed by atoms with van der Waals surface area (Å²) in [5.74, 6) is -0.0909. The minimum atomic E-state index is -0.311. The number of hydrogen-bond acceptors (Lipinski definition) is 7. The molecule has 4 heterocycles. The highest BCUT2D eigenvalue weighted by Crippen LogP contribution is 2.48. The quantitative estimate of drug-likeness (QED) is 0.176. The Morgan fingerprint density at radius 3 is 2.58 bits per heavy atom. The minimum absolute atomic E-state index is 0.0567. The molecule has 4 aromatic rings. The van der Waals surface area contributed by atoms with Crippen LogP contribution in [0.2, 0.25) is 5.02 Å². The molecule has 2 fully saturated rings. The van der Waals surface area contributed by atoms with Crippen LogP contribution in [0.1, 0.15) is 30.4 Å². The summed E-state index contributed by atoms with van der Waals surface area (Å²) in [4.78, 5) is 35.3. The lowest BCUT2D eigenvalue weighted by molar-refractivity contribution is -0.123. The number of aromatic nitrogens is 1. The molecular weight excluding hydrogens is 644 g/mol. The lowest BCUT2D eigenvalue weighted by Gasteiger charge is -2.34. The van der Waals surface area contributed by atoms with Crippen molar-refractivity contribution in [3.63, 3.8) is 0 Å². The molecule has 11 heteroatoms. The number of likely N-dealkylation sites (tertiary alicyclic amines) is 1. The second kappa shape index (κ2) is 15.7. The Morgan fingerprint density at radius 1 is 1.04 bits per heavy atom. The highest BCUT2D eigenvalue weighted by Gasteiger charge is 2.26. The van der Waals surface area contributed by atoms with Crippen LogP contribution in [0.5, 0.6) is 0 Å². The summed E-state index contributed by atoms with van der Waals surface area (Å²) < 4.78 is 4.94. The third kappa shape index (κ3) is 8.47. The third-order valence-corrected chi connectivity index (χ3v) is 10.7. The summed E-state index contributed by atoms with van der Waals surface area (Å²) >= 11 is 8.09. The van der Waals surface area contributed by atoms with E-state index in [9.17, 15) is 9.59 Å². The van der Waals surface area contributed by atoms with Crippen molar-refractivity contribution < 1.29 is 14.3 Å². The van der Waals surface area contributed by atoms with Gasteiger partial charge in [-0.3, -0.25) is 4.79 Å². The molecule has 9 nitrogen and oxygen atoms in total. The number of halogens is 1. The van der Waals surface area contributed by atoms with Gasteiger partial charge in [-0.2, -0.15) is 0 Å². The normalized spacial score (nSPS) is 17.8. The number of primary amides is 1. The largest absolute Gasteiger partial charge is 0.447 e. The van der Waals surface area contributed by atoms with E-state index in [4.69, 9.17) is 22.1 Å². The fraction of sp³-hybridized carbons (Fsp3) is 0.405. The fourth-order valence-corrected chi connectivity index (χ4v) is 7.90. The first-order valence-electron chi connectivity index (χ1n) is 16.8. The number of ether oxygens (including phenoxy) is 1. The molecule has 48 heavy (non-hydrogen) atoms. The molecule has 4 N–H and O–H groups in total. The number of piperidine rings is 1. The molecule has 254 valence electrons. The predicted molar refractivity (Wildman–Crippen MR) is 195 cm³/mol. The molecule has 0 saturated carbocycles. The topological polar surface area (TPSA) is 107 Å². The number of nitrogens with one attached hydrogen (secondary N) is 2. The first kappa shape index (κ1) is 34.2. The number of anilines is 2. The third-order valence-electron chi connectivity index (χ3n) is 9.31. The Balaban J connectivity index is 0.000000173. The molecule has 2 saturated heterocycles. The van der Waals surface area contributed by atoms with Gasteiger partial charge in [0.05, 0.1) is 17.4 Å². The van der Waals surface area contributed by atoms with E-state index < -0.39 is 0 Å². The van der Waals surface area contributed by atoms with E-state index >= 15 is 0 Å². The first-order chi connectivity index (χ1) is 23.2. The minimum Gasteiger partial charge on any atom is -0.447 e. The van der Waals surface area contributed by atoms with Gasteiger partial charge in [0.1, 0.15) is 6.61 Å². The summed E-state index contributed by atoms with van der Waals surface area (Å²) in [5, 5.41) is 4.87. The predicted octanol–water partition coefficient (Wildman–Crippen LogP) is 6.45. The molecule has 0 radical (unpaired) electrons. The van der Waals surface area contributed by atoms with Gasteiger partial charge in [0, 0.05) is 50.9 Å². The van der Waals surface area contributed by atoms with Crippen molar-refractivity contribution in [3.8, 4) is 0 Å². The maximum Gasteiger partial charge on any atom is 0.407 e. The summed E-state index contributed by atoms with van der Waals surface area (Å²) in [6.45, 7) is 5.39. The number of hydrogen-bond donors (Lipinski definition) is 3. The van der Waals surface area contributed by atoms with E-state index in [0.29, 0.717) is 6.61 Å². The van der Waals surface area contributed by atoms with Crippen LogP contribution in [0.3, 0.4) is 0 Å². The van der Waals surface area contributed by atoms with Gasteiger partial charge in [-0.25, -0.2) is 4.79 Å². The summed E-state index contributed by atoms with van der Waals surface area (Å²) in [6, 6.07) is 21.2. The molecule has 0 bridgehead atoms. The van der Waals surface area contributed by atoms with Gasteiger partial charge in [0.15, 0.2) is 0 Å². The van der Waals surface area contributed by atoms with E-state index in [1.165, 1.54) is 43.2 Å². The van der Waals surface area contributed by atoms with E-state index in [-0.39, 0.29) is 24.0 Å². The number of cyclic esters (lactones) is 1. The average molecular weight is 689 g/mol. The Bertz CT molecular complexity index is 1740. The van der Waals surface area contributed by atoms with Crippen LogP contribution in [0.25, 0.3) is 10.9 Å². The van der Waals surface area contributed by atoms with Crippen molar-refractivity contribution >= 4 is 57.6 Å². The number of H-pyrrole nitrogens is 1. The van der Waals surface area contributed by atoms with Crippen molar-refractivity contribution in [1.29, 1.82) is 0 Å². The monoisotopic (exact) mass is 688 g/mol. The van der Waals surface area contributed by atoms with Crippen LogP contribution in [0.15, 0.2) is 76.7 Å². The maximum absolute atomic E-state index is 11.3. The molecule has 0 unspecified atom stereocenters. The van der Waals surface area contributed by atoms with Gasteiger partial charge in [-0.1, -0.05) is 41.6 Å². The summed E-state index contributed by atoms with van der Waals surface area (Å²) in [6.07, 6.45) is 6.45. The molecule has 1 aromatic heterocycles. The highest BCUT2D eigenvalue weighted by atomic mass is 35.5. The number of carbonyl (C=O) groups is 2. The standard InChI is InChI=1S/C21H24ClN3OS.C16H21N3O2/c22-16-6-7-20-18(14-16)25(17-4-1-2-5-19(17)27-20)11-3-10-24-12-8-15(9-13-24)21(23)26;1-19(2)6-5-12-9-17-15-4-3-11(8-14(12)15)7-13-10-21-16(20)18-13/h1-2,4-7,14-15H,3,8-13H2,(H2,23,26);3-4,8-9,13,17H,5-7,10H2,1-2H3,(H,18,20)/t;13-/m.0/s1. The number of para-hydroxylation sites is 1. The molecule has 3 aliphatic rings. The Hall–Kier alpha value is -3.70. The van der Waals surface area contributed by atoms with E-state index in [0.717, 1.165) is 69.9 Å². The zero-order chi connectivity index (χ0) is 33.6. The Labute approximate surface area is 292 Å². The van der Waals surface area contributed by atoms with Gasteiger partial charge in [-0.05, 0) is 119 Å². The Morgan fingerprint density at radius 2 is 1.83 bits per heavy atom. The number of nitrogens with zero attached hydrogens (tertiary/aromatic N) is 3. The van der Waals surface area contributed by atoms with E-state index in [1.54, 1.807) is 11.8 Å². The maximum atomic E-state index is 11.3. The van der Waals surface area contributed by atoms with Crippen LogP contribution >= 0.6 is 23.4 Å². The highest BCUT2D eigenvalue weighted by molar-refractivity contribution is 7.99. The lowest BCUT2D eigenvalue weighted by atomic mass is 9.96. The van der Waals surface area contributed by atoms with E-state index in [2.05, 4.69) is 99.9 Å². The van der Waals surface area contributed by atoms with Crippen LogP contribution in [0.4, 0.5) is 16.2 Å². The van der Waals surface area contributed by atoms with Crippen molar-refractivity contribution in [2.75, 3.05) is 58.3 Å². The number of rotatable bonds is 10. The first-order valence-corrected chi connectivity index (χ1v) is 18.0. The van der Waals surface area contributed by atoms with E-state index in [1.807, 2.05) is 6.07 Å². The van der Waals surface area contributed by atoms with Crippen molar-refractivity contribution in [2.24, 2.45) is 11.7 Å². The molecule has 0 spiro atoms. The summed E-state index contributed by atoms with van der Waals surface area (Å²) in [7, 11) is 4.17. The van der Waals surface area contributed by atoms with Crippen LogP contribution in [-0.2, 0) is 22.4 Å². The second-order valence-corrected chi connectivity index (χ2v) is 14.6. The Kier molecular flexibility index (Phi) is 11.2. The average Bonchev–Trinajstić information content (AvgIpc) is 3.69. The van der Waals surface area contributed by atoms with Gasteiger partial charge in [0.25, 0.3) is 0 Å².